The molecule has 3 aromatic rings. The highest BCUT2D eigenvalue weighted by molar-refractivity contribution is 6.09. The van der Waals surface area contributed by atoms with E-state index >= 15 is 0 Å². The molecule has 2 aromatic carbocycles. The molecule has 4 rings (SSSR count). The second-order valence-corrected chi connectivity index (χ2v) is 5.85. The number of rotatable bonds is 3. The summed E-state index contributed by atoms with van der Waals surface area (Å²) in [7, 11) is 1.61. The third-order valence-electron chi connectivity index (χ3n) is 4.42. The average Bonchev–Trinajstić information content (AvgIpc) is 3.02. The lowest BCUT2D eigenvalue weighted by molar-refractivity contribution is 0.104. The van der Waals surface area contributed by atoms with E-state index in [2.05, 4.69) is 22.4 Å². The van der Waals surface area contributed by atoms with Crippen LogP contribution in [0.4, 0.5) is 0 Å². The number of benzene rings is 2. The third kappa shape index (κ3) is 2.46. The Morgan fingerprint density at radius 2 is 1.92 bits per heavy atom. The van der Waals surface area contributed by atoms with Crippen LogP contribution in [0.1, 0.15) is 21.6 Å². The molecule has 0 bridgehead atoms. The Balaban J connectivity index is 1.72. The number of allylic oxidation sites excluding steroid dienone is 1. The second-order valence-electron chi connectivity index (χ2n) is 5.85. The van der Waals surface area contributed by atoms with E-state index in [0.29, 0.717) is 5.56 Å². The Morgan fingerprint density at radius 1 is 1.12 bits per heavy atom. The van der Waals surface area contributed by atoms with E-state index in [0.717, 1.165) is 35.6 Å². The average molecular weight is 318 g/mol. The molecule has 0 fully saturated rings. The maximum atomic E-state index is 12.6. The molecule has 24 heavy (non-hydrogen) atoms. The van der Waals surface area contributed by atoms with Crippen LogP contribution in [0.25, 0.3) is 16.6 Å². The summed E-state index contributed by atoms with van der Waals surface area (Å²) in [6, 6.07) is 15.4. The SMILES string of the molecule is COc1ccc(C(=O)/C=C2\NCCc3c2[nH]c2ccccc32)cc1. The largest absolute Gasteiger partial charge is 0.497 e. The summed E-state index contributed by atoms with van der Waals surface area (Å²) < 4.78 is 5.13. The number of hydrogen-bond acceptors (Lipinski definition) is 3. The zero-order valence-electron chi connectivity index (χ0n) is 13.4. The fourth-order valence-corrected chi connectivity index (χ4v) is 3.19. The molecule has 1 aliphatic rings. The number of H-pyrrole nitrogens is 1. The van der Waals surface area contributed by atoms with Gasteiger partial charge >= 0.3 is 0 Å². The molecule has 0 saturated carbocycles. The molecule has 120 valence electrons. The smallest absolute Gasteiger partial charge is 0.187 e. The van der Waals surface area contributed by atoms with E-state index in [4.69, 9.17) is 4.74 Å². The van der Waals surface area contributed by atoms with Crippen molar-refractivity contribution < 1.29 is 9.53 Å². The summed E-state index contributed by atoms with van der Waals surface area (Å²) in [5, 5.41) is 4.58. The van der Waals surface area contributed by atoms with Gasteiger partial charge in [0.2, 0.25) is 0 Å². The number of ether oxygens (including phenoxy) is 1. The van der Waals surface area contributed by atoms with Crippen LogP contribution in [0.15, 0.2) is 54.6 Å². The van der Waals surface area contributed by atoms with Crippen molar-refractivity contribution in [2.24, 2.45) is 0 Å². The zero-order valence-corrected chi connectivity index (χ0v) is 13.4. The molecule has 0 spiro atoms. The lowest BCUT2D eigenvalue weighted by Gasteiger charge is -2.17. The number of para-hydroxylation sites is 1. The Morgan fingerprint density at radius 3 is 2.71 bits per heavy atom. The normalized spacial score (nSPS) is 15.1. The van der Waals surface area contributed by atoms with Crippen molar-refractivity contribution >= 4 is 22.4 Å². The van der Waals surface area contributed by atoms with E-state index in [1.807, 2.05) is 12.1 Å². The van der Waals surface area contributed by atoms with E-state index in [9.17, 15) is 4.79 Å². The van der Waals surface area contributed by atoms with Crippen LogP contribution in [-0.4, -0.2) is 24.4 Å². The van der Waals surface area contributed by atoms with Gasteiger partial charge in [-0.1, -0.05) is 18.2 Å². The van der Waals surface area contributed by atoms with Gasteiger partial charge in [-0.2, -0.15) is 0 Å². The maximum absolute atomic E-state index is 12.6. The Kier molecular flexibility index (Phi) is 3.58. The molecule has 2 heterocycles. The lowest BCUT2D eigenvalue weighted by Crippen LogP contribution is -2.23. The topological polar surface area (TPSA) is 54.1 Å². The van der Waals surface area contributed by atoms with Crippen LogP contribution in [0.3, 0.4) is 0 Å². The highest BCUT2D eigenvalue weighted by Gasteiger charge is 2.19. The van der Waals surface area contributed by atoms with Crippen LogP contribution in [0.2, 0.25) is 0 Å². The highest BCUT2D eigenvalue weighted by atomic mass is 16.5. The first kappa shape index (κ1) is 14.6. The summed E-state index contributed by atoms with van der Waals surface area (Å²) >= 11 is 0. The molecule has 0 amide bonds. The number of methoxy groups -OCH3 is 1. The molecular formula is C20H18N2O2. The van der Waals surface area contributed by atoms with E-state index in [1.165, 1.54) is 10.9 Å². The molecule has 0 aliphatic carbocycles. The molecular weight excluding hydrogens is 300 g/mol. The molecule has 0 saturated heterocycles. The molecule has 0 unspecified atom stereocenters. The Bertz CT molecular complexity index is 936. The van der Waals surface area contributed by atoms with Crippen molar-refractivity contribution in [3.05, 3.63) is 71.4 Å². The summed E-state index contributed by atoms with van der Waals surface area (Å²) in [6.45, 7) is 0.830. The second kappa shape index (κ2) is 5.89. The Labute approximate surface area is 140 Å². The number of ketones is 1. The van der Waals surface area contributed by atoms with Crippen LogP contribution in [-0.2, 0) is 6.42 Å². The fourth-order valence-electron chi connectivity index (χ4n) is 3.19. The van der Waals surface area contributed by atoms with Crippen LogP contribution < -0.4 is 10.1 Å². The predicted octanol–water partition coefficient (Wildman–Crippen LogP) is 3.55. The molecule has 4 heteroatoms. The monoisotopic (exact) mass is 318 g/mol. The van der Waals surface area contributed by atoms with Crippen molar-refractivity contribution in [1.82, 2.24) is 10.3 Å². The van der Waals surface area contributed by atoms with Gasteiger partial charge in [-0.3, -0.25) is 4.79 Å². The van der Waals surface area contributed by atoms with Gasteiger partial charge in [0.15, 0.2) is 5.78 Å². The highest BCUT2D eigenvalue weighted by Crippen LogP contribution is 2.29. The van der Waals surface area contributed by atoms with Gasteiger partial charge in [0.25, 0.3) is 0 Å². The number of carbonyl (C=O) groups is 1. The number of carbonyl (C=O) groups excluding carboxylic acids is 1. The van der Waals surface area contributed by atoms with Gasteiger partial charge < -0.3 is 15.0 Å². The van der Waals surface area contributed by atoms with E-state index < -0.39 is 0 Å². The molecule has 1 aliphatic heterocycles. The van der Waals surface area contributed by atoms with E-state index in [-0.39, 0.29) is 5.78 Å². The lowest BCUT2D eigenvalue weighted by atomic mass is 10.0. The first-order valence-electron chi connectivity index (χ1n) is 8.00. The van der Waals surface area contributed by atoms with Crippen molar-refractivity contribution in [2.75, 3.05) is 13.7 Å². The zero-order chi connectivity index (χ0) is 16.5. The van der Waals surface area contributed by atoms with Gasteiger partial charge in [0.05, 0.1) is 18.5 Å². The number of hydrogen-bond donors (Lipinski definition) is 2. The summed E-state index contributed by atoms with van der Waals surface area (Å²) in [4.78, 5) is 16.0. The van der Waals surface area contributed by atoms with Gasteiger partial charge in [-0.15, -0.1) is 0 Å². The quantitative estimate of drug-likeness (QED) is 0.573. The molecule has 2 N–H and O–H groups in total. The van der Waals surface area contributed by atoms with Gasteiger partial charge in [0.1, 0.15) is 5.75 Å². The van der Waals surface area contributed by atoms with Gasteiger partial charge in [-0.05, 0) is 42.3 Å². The first-order chi connectivity index (χ1) is 11.8. The predicted molar refractivity (Wildman–Crippen MR) is 95.3 cm³/mol. The van der Waals surface area contributed by atoms with Crippen molar-refractivity contribution in [3.8, 4) is 5.75 Å². The van der Waals surface area contributed by atoms with Crippen LogP contribution >= 0.6 is 0 Å². The van der Waals surface area contributed by atoms with Crippen LogP contribution in [0.5, 0.6) is 5.75 Å². The minimum atomic E-state index is -0.0216. The summed E-state index contributed by atoms with van der Waals surface area (Å²) in [5.41, 5.74) is 4.90. The molecule has 0 radical (unpaired) electrons. The van der Waals surface area contributed by atoms with Gasteiger partial charge in [-0.25, -0.2) is 0 Å². The van der Waals surface area contributed by atoms with Crippen LogP contribution in [0, 0.1) is 0 Å². The van der Waals surface area contributed by atoms with Crippen molar-refractivity contribution in [1.29, 1.82) is 0 Å². The minimum Gasteiger partial charge on any atom is -0.497 e. The van der Waals surface area contributed by atoms with E-state index in [1.54, 1.807) is 37.5 Å². The maximum Gasteiger partial charge on any atom is 0.187 e. The summed E-state index contributed by atoms with van der Waals surface area (Å²) in [5.74, 6) is 0.722. The third-order valence-corrected chi connectivity index (χ3v) is 4.42. The minimum absolute atomic E-state index is 0.0216. The standard InChI is InChI=1S/C20H18N2O2/c1-24-14-8-6-13(7-9-14)19(23)12-18-20-16(10-11-21-18)15-4-2-3-5-17(15)22-20/h2-9,12,21-22H,10-11H2,1H3/b18-12-. The fraction of sp³-hybridized carbons (Fsp3) is 0.150. The molecule has 4 nitrogen and oxygen atoms in total. The van der Waals surface area contributed by atoms with Crippen molar-refractivity contribution in [2.45, 2.75) is 6.42 Å². The number of aromatic nitrogens is 1. The Hall–Kier alpha value is -3.01. The first-order valence-corrected chi connectivity index (χ1v) is 8.00. The number of fused-ring (bicyclic) bond motifs is 3. The number of nitrogens with one attached hydrogen (secondary N) is 2. The molecule has 1 aromatic heterocycles. The summed E-state index contributed by atoms with van der Waals surface area (Å²) in [6.07, 6.45) is 2.63. The van der Waals surface area contributed by atoms with Gasteiger partial charge in [0, 0.05) is 29.1 Å². The van der Waals surface area contributed by atoms with Crippen molar-refractivity contribution in [3.63, 3.8) is 0 Å². The number of aromatic amines is 1. The molecule has 0 atom stereocenters.